The van der Waals surface area contributed by atoms with Crippen LogP contribution in [0.3, 0.4) is 0 Å². The first-order chi connectivity index (χ1) is 16.3. The molecular weight excluding hydrogens is 432 g/mol. The van der Waals surface area contributed by atoms with Gasteiger partial charge in [0.05, 0.1) is 18.2 Å². The smallest absolute Gasteiger partial charge is 0.259 e. The second kappa shape index (κ2) is 8.53. The Kier molecular flexibility index (Phi) is 5.52. The van der Waals surface area contributed by atoms with Gasteiger partial charge in [0.2, 0.25) is 5.88 Å². The molecule has 0 radical (unpaired) electrons. The van der Waals surface area contributed by atoms with Crippen molar-refractivity contribution < 1.29 is 9.53 Å². The summed E-state index contributed by atoms with van der Waals surface area (Å²) in [6.45, 7) is 7.91. The molecule has 34 heavy (non-hydrogen) atoms. The number of carbonyl (C=O) groups is 1. The molecule has 1 fully saturated rings. The van der Waals surface area contributed by atoms with Gasteiger partial charge in [0.1, 0.15) is 11.6 Å². The van der Waals surface area contributed by atoms with Crippen molar-refractivity contribution in [1.29, 1.82) is 0 Å². The van der Waals surface area contributed by atoms with E-state index >= 15 is 0 Å². The van der Waals surface area contributed by atoms with Crippen LogP contribution in [0.2, 0.25) is 0 Å². The van der Waals surface area contributed by atoms with E-state index in [4.69, 9.17) is 4.74 Å². The minimum Gasteiger partial charge on any atom is -0.479 e. The van der Waals surface area contributed by atoms with E-state index in [0.29, 0.717) is 46.2 Å². The van der Waals surface area contributed by atoms with Crippen molar-refractivity contribution in [1.82, 2.24) is 30.0 Å². The topological polar surface area (TPSA) is 110 Å². The van der Waals surface area contributed by atoms with Crippen LogP contribution in [0, 0.1) is 6.92 Å². The maximum absolute atomic E-state index is 13.4. The van der Waals surface area contributed by atoms with Crippen LogP contribution < -0.4 is 20.3 Å². The van der Waals surface area contributed by atoms with Crippen molar-refractivity contribution in [3.05, 3.63) is 42.0 Å². The first kappa shape index (κ1) is 22.0. The van der Waals surface area contributed by atoms with E-state index in [1.54, 1.807) is 10.7 Å². The lowest BCUT2D eigenvalue weighted by atomic mass is 10.0. The molecule has 2 atom stereocenters. The average molecular weight is 461 g/mol. The van der Waals surface area contributed by atoms with Gasteiger partial charge in [-0.3, -0.25) is 9.48 Å². The minimum absolute atomic E-state index is 0.297. The molecule has 2 N–H and O–H groups in total. The Morgan fingerprint density at radius 1 is 1.18 bits per heavy atom. The van der Waals surface area contributed by atoms with Crippen LogP contribution in [0.5, 0.6) is 5.88 Å². The zero-order valence-corrected chi connectivity index (χ0v) is 20.0. The van der Waals surface area contributed by atoms with E-state index < -0.39 is 0 Å². The number of fused-ring (bicyclic) bond motifs is 2. The Labute approximate surface area is 197 Å². The van der Waals surface area contributed by atoms with Crippen LogP contribution in [0.4, 0.5) is 11.5 Å². The fraction of sp³-hybridized carbons (Fsp3) is 0.375. The number of pyridine rings is 1. The number of piperazine rings is 1. The molecule has 1 amide bonds. The van der Waals surface area contributed by atoms with E-state index in [9.17, 15) is 4.79 Å². The van der Waals surface area contributed by atoms with Crippen LogP contribution in [0.25, 0.3) is 21.8 Å². The van der Waals surface area contributed by atoms with Gasteiger partial charge in [-0.05, 0) is 39.0 Å². The predicted molar refractivity (Wildman–Crippen MR) is 132 cm³/mol. The lowest BCUT2D eigenvalue weighted by Crippen LogP contribution is -2.54. The van der Waals surface area contributed by atoms with E-state index in [1.807, 2.05) is 38.5 Å². The number of nitrogens with one attached hydrogen (secondary N) is 2. The van der Waals surface area contributed by atoms with E-state index in [0.717, 1.165) is 29.5 Å². The second-order valence-corrected chi connectivity index (χ2v) is 8.90. The number of methoxy groups -OCH3 is 1. The zero-order valence-electron chi connectivity index (χ0n) is 20.0. The number of rotatable bonds is 4. The molecule has 176 valence electrons. The lowest BCUT2D eigenvalue weighted by Gasteiger charge is -2.38. The summed E-state index contributed by atoms with van der Waals surface area (Å²) in [5.41, 5.74) is 2.76. The third-order valence-electron chi connectivity index (χ3n) is 6.00. The Bertz CT molecular complexity index is 1390. The highest BCUT2D eigenvalue weighted by atomic mass is 16.5. The normalized spacial score (nSPS) is 18.4. The van der Waals surface area contributed by atoms with Crippen molar-refractivity contribution in [3.8, 4) is 5.88 Å². The van der Waals surface area contributed by atoms with Crippen LogP contribution in [0.1, 0.15) is 30.0 Å². The zero-order chi connectivity index (χ0) is 24.0. The number of anilines is 2. The van der Waals surface area contributed by atoms with Crippen LogP contribution >= 0.6 is 0 Å². The molecule has 0 saturated carbocycles. The quantitative estimate of drug-likeness (QED) is 0.478. The molecule has 5 rings (SSSR count). The number of carbonyl (C=O) groups excluding carboxylic acids is 1. The Morgan fingerprint density at radius 3 is 2.68 bits per heavy atom. The number of ether oxygens (including phenoxy) is 1. The first-order valence-corrected chi connectivity index (χ1v) is 11.3. The lowest BCUT2D eigenvalue weighted by molar-refractivity contribution is 0.102. The Morgan fingerprint density at radius 2 is 1.94 bits per heavy atom. The van der Waals surface area contributed by atoms with Crippen molar-refractivity contribution in [2.45, 2.75) is 32.9 Å². The molecule has 0 spiro atoms. The summed E-state index contributed by atoms with van der Waals surface area (Å²) in [5, 5.41) is 12.5. The third-order valence-corrected chi connectivity index (χ3v) is 6.00. The second-order valence-electron chi connectivity index (χ2n) is 8.90. The molecule has 0 aliphatic carbocycles. The molecule has 1 aliphatic heterocycles. The summed E-state index contributed by atoms with van der Waals surface area (Å²) in [6, 6.07) is 6.31. The highest BCUT2D eigenvalue weighted by Crippen LogP contribution is 2.31. The fourth-order valence-electron chi connectivity index (χ4n) is 4.69. The number of hydrogen-bond donors (Lipinski definition) is 2. The van der Waals surface area contributed by atoms with Gasteiger partial charge in [0.25, 0.3) is 5.91 Å². The predicted octanol–water partition coefficient (Wildman–Crippen LogP) is 2.67. The Hall–Kier alpha value is -3.79. The van der Waals surface area contributed by atoms with Crippen LogP contribution in [0.15, 0.2) is 30.6 Å². The van der Waals surface area contributed by atoms with Gasteiger partial charge in [-0.1, -0.05) is 0 Å². The van der Waals surface area contributed by atoms with E-state index in [2.05, 4.69) is 49.4 Å². The van der Waals surface area contributed by atoms with Gasteiger partial charge >= 0.3 is 0 Å². The van der Waals surface area contributed by atoms with Crippen molar-refractivity contribution in [2.75, 3.05) is 30.4 Å². The Balaban J connectivity index is 1.53. The SMILES string of the molecule is COc1nc(NC(=O)c2ccc(N3C[C@@H](C)N[C@H](C)C3)c3cnc(C)nc23)cc2cn(C)nc12. The fourth-order valence-corrected chi connectivity index (χ4v) is 4.69. The van der Waals surface area contributed by atoms with E-state index in [-0.39, 0.29) is 5.91 Å². The number of nitrogens with zero attached hydrogens (tertiary/aromatic N) is 6. The monoisotopic (exact) mass is 460 g/mol. The molecule has 4 aromatic rings. The van der Waals surface area contributed by atoms with Gasteiger partial charge in [-0.2, -0.15) is 10.1 Å². The number of benzene rings is 1. The van der Waals surface area contributed by atoms with Crippen LogP contribution in [-0.4, -0.2) is 62.9 Å². The molecule has 4 heterocycles. The third kappa shape index (κ3) is 4.01. The summed E-state index contributed by atoms with van der Waals surface area (Å²) in [7, 11) is 3.36. The number of aromatic nitrogens is 5. The molecule has 10 nitrogen and oxygen atoms in total. The maximum Gasteiger partial charge on any atom is 0.259 e. The van der Waals surface area contributed by atoms with Crippen LogP contribution in [-0.2, 0) is 7.05 Å². The summed E-state index contributed by atoms with van der Waals surface area (Å²) in [4.78, 5) is 29.2. The van der Waals surface area contributed by atoms with Gasteiger partial charge in [-0.25, -0.2) is 9.97 Å². The van der Waals surface area contributed by atoms with Gasteiger partial charge in [0, 0.05) is 61.1 Å². The standard InChI is InChI=1S/C24H28N8O2/c1-13-10-32(11-14(2)26-13)19-7-6-17(22-18(19)9-25-15(3)27-22)23(33)28-20-8-16-12-31(4)30-21(16)24(29-20)34-5/h6-9,12-14,26H,10-11H2,1-5H3,(H,28,33)/t13-,14-/m1/s1. The highest BCUT2D eigenvalue weighted by molar-refractivity contribution is 6.13. The molecule has 1 saturated heterocycles. The van der Waals surface area contributed by atoms with Crippen molar-refractivity contribution >= 4 is 39.2 Å². The van der Waals surface area contributed by atoms with Crippen molar-refractivity contribution in [2.24, 2.45) is 7.05 Å². The molecule has 1 aromatic carbocycles. The summed E-state index contributed by atoms with van der Waals surface area (Å²) in [5.74, 6) is 1.05. The summed E-state index contributed by atoms with van der Waals surface area (Å²) in [6.07, 6.45) is 3.66. The minimum atomic E-state index is -0.297. The maximum atomic E-state index is 13.4. The highest BCUT2D eigenvalue weighted by Gasteiger charge is 2.24. The molecular formula is C24H28N8O2. The summed E-state index contributed by atoms with van der Waals surface area (Å²) >= 11 is 0. The number of amides is 1. The summed E-state index contributed by atoms with van der Waals surface area (Å²) < 4.78 is 7.07. The van der Waals surface area contributed by atoms with Gasteiger partial charge < -0.3 is 20.3 Å². The molecule has 1 aliphatic rings. The van der Waals surface area contributed by atoms with Crippen molar-refractivity contribution in [3.63, 3.8) is 0 Å². The molecule has 0 bridgehead atoms. The molecule has 0 unspecified atom stereocenters. The average Bonchev–Trinajstić information content (AvgIpc) is 3.16. The number of aryl methyl sites for hydroxylation is 2. The first-order valence-electron chi connectivity index (χ1n) is 11.3. The van der Waals surface area contributed by atoms with Gasteiger partial charge in [0.15, 0.2) is 5.52 Å². The number of hydrogen-bond acceptors (Lipinski definition) is 8. The van der Waals surface area contributed by atoms with E-state index in [1.165, 1.54) is 7.11 Å². The molecule has 3 aromatic heterocycles. The van der Waals surface area contributed by atoms with Gasteiger partial charge in [-0.15, -0.1) is 0 Å². The molecule has 10 heteroatoms. The largest absolute Gasteiger partial charge is 0.479 e.